The third-order valence-corrected chi connectivity index (χ3v) is 6.94. The van der Waals surface area contributed by atoms with Crippen molar-refractivity contribution >= 4 is 11.9 Å². The van der Waals surface area contributed by atoms with Gasteiger partial charge in [-0.2, -0.15) is 0 Å². The molecule has 7 nitrogen and oxygen atoms in total. The summed E-state index contributed by atoms with van der Waals surface area (Å²) in [5.74, 6) is -2.03. The van der Waals surface area contributed by atoms with E-state index in [0.29, 0.717) is 12.0 Å². The third-order valence-electron chi connectivity index (χ3n) is 6.94. The molecule has 0 amide bonds. The highest BCUT2D eigenvalue weighted by atomic mass is 17.2. The van der Waals surface area contributed by atoms with Crippen molar-refractivity contribution in [3.05, 3.63) is 24.3 Å². The monoisotopic (exact) mass is 378 g/mol. The molecule has 1 saturated carbocycles. The molecule has 0 aromatic rings. The van der Waals surface area contributed by atoms with Crippen LogP contribution in [0.2, 0.25) is 0 Å². The molecule has 0 radical (unpaired) electrons. The summed E-state index contributed by atoms with van der Waals surface area (Å²) in [6.45, 7) is 11.0. The number of hydrogen-bond acceptors (Lipinski definition) is 7. The van der Waals surface area contributed by atoms with Crippen molar-refractivity contribution < 1.29 is 33.9 Å². The van der Waals surface area contributed by atoms with Gasteiger partial charge in [-0.25, -0.2) is 14.6 Å². The summed E-state index contributed by atoms with van der Waals surface area (Å²) >= 11 is 0. The van der Waals surface area contributed by atoms with Crippen molar-refractivity contribution in [3.8, 4) is 0 Å². The molecule has 7 heteroatoms. The Morgan fingerprint density at radius 3 is 2.70 bits per heavy atom. The zero-order chi connectivity index (χ0) is 19.8. The smallest absolute Gasteiger partial charge is 0.334 e. The van der Waals surface area contributed by atoms with Crippen molar-refractivity contribution in [2.24, 2.45) is 17.8 Å². The third kappa shape index (κ3) is 2.25. The lowest BCUT2D eigenvalue weighted by atomic mass is 9.70. The second-order valence-electron chi connectivity index (χ2n) is 8.57. The molecule has 2 bridgehead atoms. The van der Waals surface area contributed by atoms with Crippen molar-refractivity contribution in [2.75, 3.05) is 0 Å². The molecule has 1 N–H and O–H groups in total. The molecule has 148 valence electrons. The minimum atomic E-state index is -1.58. The van der Waals surface area contributed by atoms with Crippen LogP contribution in [0.5, 0.6) is 0 Å². The lowest BCUT2D eigenvalue weighted by molar-refractivity contribution is -0.366. The Labute approximate surface area is 158 Å². The Morgan fingerprint density at radius 1 is 1.41 bits per heavy atom. The zero-order valence-corrected chi connectivity index (χ0v) is 16.1. The molecule has 2 heterocycles. The van der Waals surface area contributed by atoms with Crippen LogP contribution in [0.4, 0.5) is 0 Å². The van der Waals surface area contributed by atoms with E-state index in [0.717, 1.165) is 0 Å². The fourth-order valence-corrected chi connectivity index (χ4v) is 4.88. The van der Waals surface area contributed by atoms with Gasteiger partial charge in [-0.1, -0.05) is 26.5 Å². The standard InChI is InChI=1S/C20H26O7/c1-6-10(2)16(21)24-13-9-12-11(3)17(22)25-14(12)15-18(4)7-8-20(15,27-26-18)19(13,5)23/h7-8,10,12-15,23H,3,6,9H2,1-2,4-5H3. The molecular weight excluding hydrogens is 352 g/mol. The van der Waals surface area contributed by atoms with Crippen LogP contribution in [0.15, 0.2) is 24.3 Å². The Bertz CT molecular complexity index is 741. The largest absolute Gasteiger partial charge is 0.459 e. The van der Waals surface area contributed by atoms with Gasteiger partial charge in [0.2, 0.25) is 0 Å². The fourth-order valence-electron chi connectivity index (χ4n) is 4.88. The maximum atomic E-state index is 12.5. The molecule has 2 aliphatic carbocycles. The lowest BCUT2D eigenvalue weighted by Crippen LogP contribution is -2.62. The van der Waals surface area contributed by atoms with E-state index in [-0.39, 0.29) is 12.3 Å². The highest BCUT2D eigenvalue weighted by Crippen LogP contribution is 2.62. The van der Waals surface area contributed by atoms with Gasteiger partial charge in [0.15, 0.2) is 5.60 Å². The molecular formula is C20H26O7. The maximum Gasteiger partial charge on any atom is 0.334 e. The van der Waals surface area contributed by atoms with Gasteiger partial charge >= 0.3 is 11.9 Å². The number of rotatable bonds is 3. The van der Waals surface area contributed by atoms with Crippen molar-refractivity contribution in [3.63, 3.8) is 0 Å². The quantitative estimate of drug-likeness (QED) is 0.347. The van der Waals surface area contributed by atoms with E-state index in [1.807, 2.05) is 19.9 Å². The Morgan fingerprint density at radius 2 is 2.11 bits per heavy atom. The molecule has 4 aliphatic rings. The van der Waals surface area contributed by atoms with E-state index in [1.165, 1.54) is 0 Å². The summed E-state index contributed by atoms with van der Waals surface area (Å²) in [5.41, 5.74) is -3.39. The van der Waals surface area contributed by atoms with Crippen LogP contribution < -0.4 is 0 Å². The van der Waals surface area contributed by atoms with Crippen LogP contribution >= 0.6 is 0 Å². The first-order chi connectivity index (χ1) is 12.6. The normalized spacial score (nSPS) is 48.6. The number of carbonyl (C=O) groups is 2. The molecule has 27 heavy (non-hydrogen) atoms. The van der Waals surface area contributed by atoms with E-state index >= 15 is 0 Å². The van der Waals surface area contributed by atoms with E-state index in [1.54, 1.807) is 19.9 Å². The predicted octanol–water partition coefficient (Wildman–Crippen LogP) is 1.84. The van der Waals surface area contributed by atoms with Crippen LogP contribution in [0.1, 0.15) is 40.5 Å². The van der Waals surface area contributed by atoms with E-state index < -0.39 is 52.8 Å². The number of fused-ring (bicyclic) bond motifs is 1. The fraction of sp³-hybridized carbons (Fsp3) is 0.700. The second-order valence-corrected chi connectivity index (χ2v) is 8.57. The van der Waals surface area contributed by atoms with Gasteiger partial charge in [-0.15, -0.1) is 0 Å². The van der Waals surface area contributed by atoms with Crippen LogP contribution in [0, 0.1) is 17.8 Å². The van der Waals surface area contributed by atoms with Gasteiger partial charge in [0.05, 0.1) is 11.8 Å². The molecule has 0 aromatic carbocycles. The number of aliphatic hydroxyl groups is 1. The minimum absolute atomic E-state index is 0.232. The Hall–Kier alpha value is -1.70. The van der Waals surface area contributed by atoms with E-state index in [9.17, 15) is 14.7 Å². The summed E-state index contributed by atoms with van der Waals surface area (Å²) in [7, 11) is 0. The summed E-state index contributed by atoms with van der Waals surface area (Å²) in [6.07, 6.45) is 2.95. The number of hydrogen-bond donors (Lipinski definition) is 1. The molecule has 8 unspecified atom stereocenters. The van der Waals surface area contributed by atoms with Gasteiger partial charge in [-0.3, -0.25) is 4.79 Å². The van der Waals surface area contributed by atoms with Crippen LogP contribution in [0.25, 0.3) is 0 Å². The Balaban J connectivity index is 1.79. The average Bonchev–Trinajstić information content (AvgIpc) is 3.18. The van der Waals surface area contributed by atoms with Gasteiger partial charge in [0.1, 0.15) is 23.4 Å². The number of carbonyl (C=O) groups excluding carboxylic acids is 2. The summed E-state index contributed by atoms with van der Waals surface area (Å²) < 4.78 is 11.4. The first-order valence-corrected chi connectivity index (χ1v) is 9.47. The SMILES string of the molecule is C=C1C(=O)OC2C1CC(OC(=O)C(C)CC)C(C)(O)C13C=CC(C)(OO1)C23. The maximum absolute atomic E-state index is 12.5. The topological polar surface area (TPSA) is 91.3 Å². The van der Waals surface area contributed by atoms with E-state index in [2.05, 4.69) is 6.58 Å². The molecule has 0 spiro atoms. The van der Waals surface area contributed by atoms with Gasteiger partial charge in [-0.05, 0) is 32.8 Å². The molecule has 0 aromatic heterocycles. The van der Waals surface area contributed by atoms with Crippen LogP contribution in [-0.2, 0) is 28.8 Å². The summed E-state index contributed by atoms with van der Waals surface area (Å²) in [4.78, 5) is 36.0. The number of esters is 2. The van der Waals surface area contributed by atoms with Gasteiger partial charge < -0.3 is 14.6 Å². The van der Waals surface area contributed by atoms with Crippen molar-refractivity contribution in [1.82, 2.24) is 0 Å². The predicted molar refractivity (Wildman–Crippen MR) is 93.0 cm³/mol. The van der Waals surface area contributed by atoms with Gasteiger partial charge in [0, 0.05) is 11.5 Å². The second kappa shape index (κ2) is 5.65. The minimum Gasteiger partial charge on any atom is -0.459 e. The van der Waals surface area contributed by atoms with Crippen molar-refractivity contribution in [2.45, 2.75) is 69.5 Å². The molecule has 2 aliphatic heterocycles. The van der Waals surface area contributed by atoms with Gasteiger partial charge in [0.25, 0.3) is 0 Å². The molecule has 2 saturated heterocycles. The molecule has 8 atom stereocenters. The molecule has 4 rings (SSSR count). The summed E-state index contributed by atoms with van der Waals surface area (Å²) in [5, 5.41) is 11.6. The zero-order valence-electron chi connectivity index (χ0n) is 16.1. The van der Waals surface area contributed by atoms with E-state index in [4.69, 9.17) is 19.2 Å². The number of ether oxygens (including phenoxy) is 2. The van der Waals surface area contributed by atoms with Crippen molar-refractivity contribution in [1.29, 1.82) is 0 Å². The lowest BCUT2D eigenvalue weighted by Gasteiger charge is -2.43. The highest BCUT2D eigenvalue weighted by molar-refractivity contribution is 5.91. The first-order valence-electron chi connectivity index (χ1n) is 9.47. The molecule has 3 fully saturated rings. The summed E-state index contributed by atoms with van der Waals surface area (Å²) in [6, 6.07) is 0. The first kappa shape index (κ1) is 18.7. The highest BCUT2D eigenvalue weighted by Gasteiger charge is 2.76. The van der Waals surface area contributed by atoms with Crippen LogP contribution in [-0.4, -0.2) is 46.1 Å². The van der Waals surface area contributed by atoms with Crippen LogP contribution in [0.3, 0.4) is 0 Å². The average molecular weight is 378 g/mol. The Kier molecular flexibility index (Phi) is 3.91.